The summed E-state index contributed by atoms with van der Waals surface area (Å²) in [4.78, 5) is 15.9. The summed E-state index contributed by atoms with van der Waals surface area (Å²) in [6.07, 6.45) is 2.21. The molecular weight excluding hydrogens is 342 g/mol. The fraction of sp³-hybridized carbons (Fsp3) is 0.286. The minimum absolute atomic E-state index is 0.0595. The van der Waals surface area contributed by atoms with E-state index in [4.69, 9.17) is 16.3 Å². The Hall–Kier alpha value is -2.06. The summed E-state index contributed by atoms with van der Waals surface area (Å²) in [6, 6.07) is 5.65. The van der Waals surface area contributed by atoms with E-state index < -0.39 is 15.9 Å². The number of imidazole rings is 1. The van der Waals surface area contributed by atoms with Crippen molar-refractivity contribution in [1.82, 2.24) is 14.3 Å². The van der Waals surface area contributed by atoms with E-state index in [2.05, 4.69) is 4.98 Å². The lowest BCUT2D eigenvalue weighted by Crippen LogP contribution is -2.31. The number of ether oxygens (including phenoxy) is 1. The van der Waals surface area contributed by atoms with Crippen LogP contribution in [0, 0.1) is 0 Å². The summed E-state index contributed by atoms with van der Waals surface area (Å²) in [7, 11) is -2.54. The number of nitrogens with one attached hydrogen (secondary N) is 1. The highest BCUT2D eigenvalue weighted by Gasteiger charge is 2.23. The first-order valence-corrected chi connectivity index (χ1v) is 8.67. The molecule has 1 amide bonds. The first-order chi connectivity index (χ1) is 10.9. The van der Waals surface area contributed by atoms with Gasteiger partial charge in [-0.2, -0.15) is 0 Å². The van der Waals surface area contributed by atoms with Crippen LogP contribution in [0.15, 0.2) is 35.5 Å². The molecule has 0 spiro atoms. The van der Waals surface area contributed by atoms with Crippen LogP contribution in [0.3, 0.4) is 0 Å². The molecule has 0 aliphatic heterocycles. The molecule has 1 heterocycles. The molecule has 1 aromatic heterocycles. The van der Waals surface area contributed by atoms with Crippen LogP contribution in [0.1, 0.15) is 23.8 Å². The Morgan fingerprint density at radius 2 is 2.00 bits per heavy atom. The summed E-state index contributed by atoms with van der Waals surface area (Å²) in [5.74, 6) is -0.364. The van der Waals surface area contributed by atoms with Crippen molar-refractivity contribution < 1.29 is 17.9 Å². The fourth-order valence-electron chi connectivity index (χ4n) is 1.90. The van der Waals surface area contributed by atoms with Gasteiger partial charge in [-0.15, -0.1) is 0 Å². The number of rotatable bonds is 6. The molecular formula is C14H16ClN3O4S. The third kappa shape index (κ3) is 3.83. The highest BCUT2D eigenvalue weighted by molar-refractivity contribution is 7.90. The highest BCUT2D eigenvalue weighted by atomic mass is 35.5. The van der Waals surface area contributed by atoms with E-state index in [1.165, 1.54) is 37.7 Å². The minimum atomic E-state index is -4.02. The third-order valence-corrected chi connectivity index (χ3v) is 4.79. The molecule has 124 valence electrons. The smallest absolute Gasteiger partial charge is 0.286 e. The van der Waals surface area contributed by atoms with Crippen LogP contribution in [0.25, 0.3) is 0 Å². The predicted octanol–water partition coefficient (Wildman–Crippen LogP) is 2.07. The minimum Gasteiger partial charge on any atom is -0.497 e. The van der Waals surface area contributed by atoms with E-state index in [9.17, 15) is 13.2 Å². The Bertz CT molecular complexity index is 800. The van der Waals surface area contributed by atoms with Gasteiger partial charge in [0, 0.05) is 6.54 Å². The Morgan fingerprint density at radius 1 is 1.35 bits per heavy atom. The van der Waals surface area contributed by atoms with Crippen LogP contribution in [0.2, 0.25) is 5.15 Å². The van der Waals surface area contributed by atoms with Gasteiger partial charge < -0.3 is 9.30 Å². The maximum atomic E-state index is 12.2. The molecule has 0 fully saturated rings. The molecule has 2 rings (SSSR count). The van der Waals surface area contributed by atoms with Gasteiger partial charge in [0.1, 0.15) is 10.9 Å². The summed E-state index contributed by atoms with van der Waals surface area (Å²) in [5, 5.41) is 0.106. The van der Waals surface area contributed by atoms with Crippen LogP contribution < -0.4 is 9.46 Å². The molecule has 0 bridgehead atoms. The standard InChI is InChI=1S/C14H16ClN3O4S/c1-3-8-18-9-16-12(13(18)15)14(19)17-23(20,21)11-6-4-10(22-2)5-7-11/h4-7,9H,3,8H2,1-2H3,(H,17,19). The number of aryl methyl sites for hydroxylation is 1. The fourth-order valence-corrected chi connectivity index (χ4v) is 3.12. The number of hydrogen-bond donors (Lipinski definition) is 1. The van der Waals surface area contributed by atoms with Crippen LogP contribution >= 0.6 is 11.6 Å². The second kappa shape index (κ2) is 7.01. The number of amides is 1. The number of halogens is 1. The topological polar surface area (TPSA) is 90.3 Å². The van der Waals surface area contributed by atoms with Crippen LogP contribution in [-0.2, 0) is 16.6 Å². The summed E-state index contributed by atoms with van der Waals surface area (Å²) in [6.45, 7) is 2.54. The van der Waals surface area contributed by atoms with Crippen molar-refractivity contribution in [3.63, 3.8) is 0 Å². The van der Waals surface area contributed by atoms with E-state index in [1.54, 1.807) is 4.57 Å². The van der Waals surface area contributed by atoms with Crippen LogP contribution in [0.5, 0.6) is 5.75 Å². The van der Waals surface area contributed by atoms with Crippen LogP contribution in [0.4, 0.5) is 0 Å². The largest absolute Gasteiger partial charge is 0.497 e. The number of nitrogens with zero attached hydrogens (tertiary/aromatic N) is 2. The first kappa shape index (κ1) is 17.3. The summed E-state index contributed by atoms with van der Waals surface area (Å²) >= 11 is 6.04. The van der Waals surface area contributed by atoms with Gasteiger partial charge in [0.15, 0.2) is 5.69 Å². The molecule has 1 N–H and O–H groups in total. The molecule has 0 saturated carbocycles. The van der Waals surface area contributed by atoms with Gasteiger partial charge in [0.2, 0.25) is 0 Å². The van der Waals surface area contributed by atoms with Crippen LogP contribution in [-0.4, -0.2) is 31.0 Å². The second-order valence-electron chi connectivity index (χ2n) is 4.69. The predicted molar refractivity (Wildman–Crippen MR) is 85.2 cm³/mol. The molecule has 0 saturated heterocycles. The number of carbonyl (C=O) groups is 1. The zero-order valence-electron chi connectivity index (χ0n) is 12.6. The Kier molecular flexibility index (Phi) is 5.27. The summed E-state index contributed by atoms with van der Waals surface area (Å²) in [5.41, 5.74) is -0.128. The van der Waals surface area contributed by atoms with Crippen molar-refractivity contribution in [3.05, 3.63) is 41.4 Å². The molecule has 0 aliphatic carbocycles. The maximum Gasteiger partial charge on any atom is 0.286 e. The van der Waals surface area contributed by atoms with Crippen molar-refractivity contribution >= 4 is 27.5 Å². The monoisotopic (exact) mass is 357 g/mol. The van der Waals surface area contributed by atoms with E-state index >= 15 is 0 Å². The average Bonchev–Trinajstić information content (AvgIpc) is 2.88. The number of hydrogen-bond acceptors (Lipinski definition) is 5. The molecule has 0 radical (unpaired) electrons. The van der Waals surface area contributed by atoms with Crippen molar-refractivity contribution in [3.8, 4) is 5.75 Å². The van der Waals surface area contributed by atoms with Gasteiger partial charge in [-0.1, -0.05) is 18.5 Å². The van der Waals surface area contributed by atoms with E-state index in [0.717, 1.165) is 6.42 Å². The highest BCUT2D eigenvalue weighted by Crippen LogP contribution is 2.18. The van der Waals surface area contributed by atoms with Gasteiger partial charge in [-0.05, 0) is 30.7 Å². The van der Waals surface area contributed by atoms with Gasteiger partial charge in [0.25, 0.3) is 15.9 Å². The Morgan fingerprint density at radius 3 is 2.57 bits per heavy atom. The lowest BCUT2D eigenvalue weighted by atomic mass is 10.3. The van der Waals surface area contributed by atoms with E-state index in [-0.39, 0.29) is 15.7 Å². The molecule has 2 aromatic rings. The average molecular weight is 358 g/mol. The first-order valence-electron chi connectivity index (χ1n) is 6.81. The van der Waals surface area contributed by atoms with Gasteiger partial charge in [-0.3, -0.25) is 4.79 Å². The molecule has 7 nitrogen and oxygen atoms in total. The number of benzene rings is 1. The Balaban J connectivity index is 2.21. The molecule has 0 aliphatic rings. The molecule has 0 atom stereocenters. The van der Waals surface area contributed by atoms with E-state index in [1.807, 2.05) is 11.6 Å². The number of sulfonamides is 1. The van der Waals surface area contributed by atoms with E-state index in [0.29, 0.717) is 12.3 Å². The lowest BCUT2D eigenvalue weighted by Gasteiger charge is -2.07. The molecule has 1 aromatic carbocycles. The zero-order chi connectivity index (χ0) is 17.0. The summed E-state index contributed by atoms with van der Waals surface area (Å²) < 4.78 is 32.9. The van der Waals surface area contributed by atoms with Crippen molar-refractivity contribution in [2.45, 2.75) is 24.8 Å². The number of carbonyl (C=O) groups excluding carboxylic acids is 1. The number of aromatic nitrogens is 2. The van der Waals surface area contributed by atoms with Crippen molar-refractivity contribution in [2.24, 2.45) is 0 Å². The molecule has 23 heavy (non-hydrogen) atoms. The lowest BCUT2D eigenvalue weighted by molar-refractivity contribution is 0.0977. The maximum absolute atomic E-state index is 12.2. The quantitative estimate of drug-likeness (QED) is 0.854. The number of methoxy groups -OCH3 is 1. The SMILES string of the molecule is CCCn1cnc(C(=O)NS(=O)(=O)c2ccc(OC)cc2)c1Cl. The second-order valence-corrected chi connectivity index (χ2v) is 6.73. The van der Waals surface area contributed by atoms with Gasteiger partial charge >= 0.3 is 0 Å². The molecule has 9 heteroatoms. The zero-order valence-corrected chi connectivity index (χ0v) is 14.2. The van der Waals surface area contributed by atoms with Crippen molar-refractivity contribution in [2.75, 3.05) is 7.11 Å². The van der Waals surface area contributed by atoms with Gasteiger partial charge in [-0.25, -0.2) is 18.1 Å². The Labute approximate surface area is 139 Å². The van der Waals surface area contributed by atoms with Crippen molar-refractivity contribution in [1.29, 1.82) is 0 Å². The van der Waals surface area contributed by atoms with Gasteiger partial charge in [0.05, 0.1) is 18.3 Å². The normalized spacial score (nSPS) is 11.3. The molecule has 0 unspecified atom stereocenters. The third-order valence-electron chi connectivity index (χ3n) is 3.05.